The van der Waals surface area contributed by atoms with E-state index in [-0.39, 0.29) is 48.4 Å². The minimum absolute atomic E-state index is 0.0926. The molecule has 1 unspecified atom stereocenters. The van der Waals surface area contributed by atoms with Gasteiger partial charge in [-0.05, 0) is 124 Å². The Morgan fingerprint density at radius 2 is 1.65 bits per heavy atom. The molecule has 4 aliphatic heterocycles. The van der Waals surface area contributed by atoms with E-state index < -0.39 is 23.3 Å². The topological polar surface area (TPSA) is 183 Å². The number of β-amino-alcohol motifs (C(OH)–C–C–N with tert-alkyl or cyclic N) is 1. The van der Waals surface area contributed by atoms with Crippen LogP contribution in [0.5, 0.6) is 0 Å². The van der Waals surface area contributed by atoms with Crippen molar-refractivity contribution >= 4 is 56.9 Å². The second-order valence-electron chi connectivity index (χ2n) is 18.5. The van der Waals surface area contributed by atoms with Crippen LogP contribution in [0.2, 0.25) is 0 Å². The molecular weight excluding hydrogens is 823 g/mol. The van der Waals surface area contributed by atoms with Crippen molar-refractivity contribution in [3.05, 3.63) is 106 Å². The fraction of sp³-hybridized carbons (Fsp3) is 0.431. The number of carbonyl (C=O) groups is 4. The second-order valence-corrected chi connectivity index (χ2v) is 18.5. The van der Waals surface area contributed by atoms with Crippen LogP contribution in [0.25, 0.3) is 21.9 Å². The van der Waals surface area contributed by atoms with Crippen LogP contribution in [0.4, 0.5) is 11.4 Å². The van der Waals surface area contributed by atoms with Gasteiger partial charge in [0.1, 0.15) is 6.04 Å². The van der Waals surface area contributed by atoms with E-state index in [1.165, 1.54) is 4.57 Å². The molecule has 9 rings (SSSR count). The van der Waals surface area contributed by atoms with Gasteiger partial charge in [0.25, 0.3) is 5.91 Å². The van der Waals surface area contributed by atoms with Crippen LogP contribution < -0.4 is 27.0 Å². The second kappa shape index (κ2) is 18.2. The number of aryl methyl sites for hydroxylation is 1. The molecule has 0 aliphatic carbocycles. The number of likely N-dealkylation sites (tertiary alicyclic amines) is 2. The monoisotopic (exact) mass is 879 g/mol. The van der Waals surface area contributed by atoms with Gasteiger partial charge in [-0.2, -0.15) is 0 Å². The molecule has 0 saturated carbocycles. The van der Waals surface area contributed by atoms with Gasteiger partial charge in [-0.15, -0.1) is 0 Å². The van der Waals surface area contributed by atoms with Crippen LogP contribution >= 0.6 is 0 Å². The maximum atomic E-state index is 13.7. The van der Waals surface area contributed by atoms with Gasteiger partial charge in [-0.25, -0.2) is 4.79 Å². The molecule has 65 heavy (non-hydrogen) atoms. The molecule has 4 fully saturated rings. The van der Waals surface area contributed by atoms with Gasteiger partial charge >= 0.3 is 5.76 Å². The Hall–Kier alpha value is -6.43. The van der Waals surface area contributed by atoms with Gasteiger partial charge in [0.2, 0.25) is 17.7 Å². The van der Waals surface area contributed by atoms with E-state index in [0.29, 0.717) is 80.8 Å². The summed E-state index contributed by atoms with van der Waals surface area (Å²) in [5, 5.41) is 19.3. The van der Waals surface area contributed by atoms with Gasteiger partial charge in [0, 0.05) is 79.5 Å². The van der Waals surface area contributed by atoms with Crippen LogP contribution in [0.15, 0.2) is 82.0 Å². The quantitative estimate of drug-likeness (QED) is 0.0890. The number of piperidine rings is 4. The first-order valence-corrected chi connectivity index (χ1v) is 23.0. The highest BCUT2D eigenvalue weighted by atomic mass is 16.4. The zero-order valence-electron chi connectivity index (χ0n) is 37.1. The van der Waals surface area contributed by atoms with Crippen molar-refractivity contribution in [3.8, 4) is 11.8 Å². The number of imide groups is 1. The molecule has 5 N–H and O–H groups in total. The number of benzene rings is 4. The number of nitrogen functional groups attached to an aromatic ring is 1. The number of nitrogens with zero attached hydrogens (tertiary/aromatic N) is 4. The number of amides is 4. The molecule has 4 saturated heterocycles. The Bertz CT molecular complexity index is 2780. The van der Waals surface area contributed by atoms with E-state index in [4.69, 9.17) is 10.2 Å². The number of fused-ring (bicyclic) bond motifs is 2. The molecule has 14 heteroatoms. The Labute approximate surface area is 378 Å². The lowest BCUT2D eigenvalue weighted by atomic mass is 9.87. The summed E-state index contributed by atoms with van der Waals surface area (Å²) in [6, 6.07) is 22.2. The summed E-state index contributed by atoms with van der Waals surface area (Å²) in [6.07, 6.45) is 4.74. The molecule has 4 aliphatic rings. The molecule has 0 spiro atoms. The molecule has 0 bridgehead atoms. The Kier molecular flexibility index (Phi) is 12.3. The fourth-order valence-corrected chi connectivity index (χ4v) is 10.3. The third-order valence-electron chi connectivity index (χ3n) is 14.1. The highest BCUT2D eigenvalue weighted by molar-refractivity contribution is 6.00. The van der Waals surface area contributed by atoms with E-state index in [1.54, 1.807) is 18.2 Å². The molecule has 1 aromatic heterocycles. The first-order chi connectivity index (χ1) is 31.3. The number of aromatic nitrogens is 1. The summed E-state index contributed by atoms with van der Waals surface area (Å²) in [5.41, 5.74) is 10.9. The summed E-state index contributed by atoms with van der Waals surface area (Å²) in [6.45, 7) is 8.63. The molecule has 2 atom stereocenters. The zero-order valence-corrected chi connectivity index (χ0v) is 37.1. The number of hydrogen-bond acceptors (Lipinski definition) is 10. The standard InChI is InChI=1S/C51H57N7O7/c1-32-7-11-37(52)29-42(32)47(60)53-33(2)39-13-10-35(40-5-3-4-6-41(39)40)9-8-34-17-23-55(24-18-34)31-51(64)21-27-57(28-22-51)49(62)36-19-25-56(26-20-36)38-12-14-43-45(30-38)65-50(63)58(43)44-15-16-46(59)54-48(44)61/h3-7,10-14,29-30,33-34,36,44,64H,15-28,31,52H2,1-2H3,(H,53,60)(H,54,59,61)/t33-,44?/m1/s1. The predicted molar refractivity (Wildman–Crippen MR) is 249 cm³/mol. The molecular formula is C51H57N7O7. The molecule has 5 aromatic rings. The minimum atomic E-state index is -0.839. The van der Waals surface area contributed by atoms with Gasteiger partial charge in [-0.1, -0.05) is 48.2 Å². The normalized spacial score (nSPS) is 20.3. The van der Waals surface area contributed by atoms with Crippen LogP contribution in [0.1, 0.15) is 97.4 Å². The summed E-state index contributed by atoms with van der Waals surface area (Å²) in [7, 11) is 0. The van der Waals surface area contributed by atoms with Crippen molar-refractivity contribution in [1.82, 2.24) is 25.0 Å². The lowest BCUT2D eigenvalue weighted by Crippen LogP contribution is -2.54. The number of aliphatic hydroxyl groups is 1. The third kappa shape index (κ3) is 9.26. The van der Waals surface area contributed by atoms with Crippen molar-refractivity contribution in [3.63, 3.8) is 0 Å². The molecule has 14 nitrogen and oxygen atoms in total. The van der Waals surface area contributed by atoms with Gasteiger partial charge in [-0.3, -0.25) is 29.1 Å². The van der Waals surface area contributed by atoms with Gasteiger partial charge in [0.05, 0.1) is 17.2 Å². The number of anilines is 2. The first kappa shape index (κ1) is 43.8. The number of nitrogens with two attached hydrogens (primary N) is 1. The summed E-state index contributed by atoms with van der Waals surface area (Å²) in [5.74, 6) is 5.72. The van der Waals surface area contributed by atoms with Gasteiger partial charge < -0.3 is 35.3 Å². The number of oxazole rings is 1. The fourth-order valence-electron chi connectivity index (χ4n) is 10.3. The van der Waals surface area contributed by atoms with E-state index in [2.05, 4.69) is 56.5 Å². The molecule has 5 heterocycles. The third-order valence-corrected chi connectivity index (χ3v) is 14.1. The van der Waals surface area contributed by atoms with E-state index in [1.807, 2.05) is 49.1 Å². The predicted octanol–water partition coefficient (Wildman–Crippen LogP) is 5.44. The van der Waals surface area contributed by atoms with Crippen LogP contribution in [0.3, 0.4) is 0 Å². The molecule has 0 radical (unpaired) electrons. The SMILES string of the molecule is Cc1ccc(N)cc1C(=O)N[C@H](C)c1ccc(C#CC2CCN(CC3(O)CCN(C(=O)C4CCN(c5ccc6c(c5)oc(=O)n6C5CCC(=O)NC5=O)CC4)CC3)CC2)c2ccccc12. The molecule has 4 aromatic carbocycles. The maximum Gasteiger partial charge on any atom is 0.420 e. The number of nitrogens with one attached hydrogen (secondary N) is 2. The van der Waals surface area contributed by atoms with Crippen LogP contribution in [0, 0.1) is 30.6 Å². The Morgan fingerprint density at radius 3 is 2.38 bits per heavy atom. The maximum absolute atomic E-state index is 13.7. The zero-order chi connectivity index (χ0) is 45.4. The van der Waals surface area contributed by atoms with Crippen molar-refractivity contribution in [2.75, 3.05) is 56.4 Å². The van der Waals surface area contributed by atoms with Crippen molar-refractivity contribution in [1.29, 1.82) is 0 Å². The highest BCUT2D eigenvalue weighted by Crippen LogP contribution is 2.33. The number of rotatable bonds is 8. The summed E-state index contributed by atoms with van der Waals surface area (Å²) >= 11 is 0. The lowest BCUT2D eigenvalue weighted by Gasteiger charge is -2.43. The largest absolute Gasteiger partial charge is 0.420 e. The van der Waals surface area contributed by atoms with Crippen molar-refractivity contribution in [2.24, 2.45) is 11.8 Å². The highest BCUT2D eigenvalue weighted by Gasteiger charge is 2.39. The van der Waals surface area contributed by atoms with Crippen molar-refractivity contribution in [2.45, 2.75) is 82.9 Å². The van der Waals surface area contributed by atoms with Gasteiger partial charge in [0.15, 0.2) is 5.58 Å². The molecule has 4 amide bonds. The van der Waals surface area contributed by atoms with E-state index in [9.17, 15) is 29.1 Å². The average Bonchev–Trinajstić information content (AvgIpc) is 3.63. The van der Waals surface area contributed by atoms with Crippen LogP contribution in [-0.4, -0.2) is 94.5 Å². The lowest BCUT2D eigenvalue weighted by molar-refractivity contribution is -0.141. The average molecular weight is 880 g/mol. The Balaban J connectivity index is 0.737. The van der Waals surface area contributed by atoms with Crippen molar-refractivity contribution < 1.29 is 28.7 Å². The Morgan fingerprint density at radius 1 is 0.908 bits per heavy atom. The number of hydrogen-bond donors (Lipinski definition) is 4. The van der Waals surface area contributed by atoms with Crippen LogP contribution in [-0.2, 0) is 14.4 Å². The number of carbonyl (C=O) groups excluding carboxylic acids is 4. The first-order valence-electron chi connectivity index (χ1n) is 23.0. The van der Waals surface area contributed by atoms with E-state index >= 15 is 0 Å². The smallest absolute Gasteiger partial charge is 0.408 e. The van der Waals surface area contributed by atoms with E-state index in [0.717, 1.165) is 59.1 Å². The molecule has 338 valence electrons. The summed E-state index contributed by atoms with van der Waals surface area (Å²) < 4.78 is 6.87. The minimum Gasteiger partial charge on any atom is -0.408 e. The summed E-state index contributed by atoms with van der Waals surface area (Å²) in [4.78, 5) is 70.3.